The third-order valence-corrected chi connectivity index (χ3v) is 3.44. The van der Waals surface area contributed by atoms with E-state index >= 15 is 0 Å². The van der Waals surface area contributed by atoms with Crippen molar-refractivity contribution in [2.24, 2.45) is 5.73 Å². The van der Waals surface area contributed by atoms with Crippen LogP contribution in [-0.2, 0) is 0 Å². The third-order valence-electron chi connectivity index (χ3n) is 3.44. The standard InChI is InChI=1S/C11H14F3N3O/c12-11(13,14)10(7-15)3-1-5-17(10)9(18)8-2-4-16-6-8/h2,4,6,16H,1,3,5,7,15H2. The van der Waals surface area contributed by atoms with E-state index in [4.69, 9.17) is 5.73 Å². The molecular formula is C11H14F3N3O. The van der Waals surface area contributed by atoms with Gasteiger partial charge in [0.1, 0.15) is 0 Å². The number of likely N-dealkylation sites (tertiary alicyclic amines) is 1. The van der Waals surface area contributed by atoms with Crippen LogP contribution in [0.4, 0.5) is 13.2 Å². The highest BCUT2D eigenvalue weighted by atomic mass is 19.4. The van der Waals surface area contributed by atoms with Crippen molar-refractivity contribution >= 4 is 5.91 Å². The van der Waals surface area contributed by atoms with Crippen molar-refractivity contribution in [3.8, 4) is 0 Å². The van der Waals surface area contributed by atoms with Gasteiger partial charge >= 0.3 is 6.18 Å². The smallest absolute Gasteiger partial charge is 0.367 e. The van der Waals surface area contributed by atoms with Crippen LogP contribution >= 0.6 is 0 Å². The van der Waals surface area contributed by atoms with Crippen molar-refractivity contribution in [2.75, 3.05) is 13.1 Å². The number of hydrogen-bond acceptors (Lipinski definition) is 2. The third kappa shape index (κ3) is 1.78. The van der Waals surface area contributed by atoms with E-state index in [0.717, 1.165) is 4.90 Å². The van der Waals surface area contributed by atoms with Crippen LogP contribution in [0, 0.1) is 0 Å². The molecule has 1 aromatic heterocycles. The van der Waals surface area contributed by atoms with Crippen molar-refractivity contribution in [1.82, 2.24) is 9.88 Å². The molecule has 0 bridgehead atoms. The van der Waals surface area contributed by atoms with Gasteiger partial charge in [0, 0.05) is 25.5 Å². The highest BCUT2D eigenvalue weighted by molar-refractivity contribution is 5.94. The minimum absolute atomic E-state index is 0.0841. The van der Waals surface area contributed by atoms with E-state index in [1.807, 2.05) is 0 Å². The summed E-state index contributed by atoms with van der Waals surface area (Å²) in [5, 5.41) is 0. The molecule has 1 aliphatic heterocycles. The maximum atomic E-state index is 13.2. The van der Waals surface area contributed by atoms with E-state index in [1.54, 1.807) is 0 Å². The lowest BCUT2D eigenvalue weighted by atomic mass is 9.95. The van der Waals surface area contributed by atoms with E-state index in [2.05, 4.69) is 4.98 Å². The maximum absolute atomic E-state index is 13.2. The number of nitrogens with two attached hydrogens (primary N) is 1. The topological polar surface area (TPSA) is 62.1 Å². The Kier molecular flexibility index (Phi) is 3.10. The first-order valence-corrected chi connectivity index (χ1v) is 5.64. The number of carbonyl (C=O) groups excluding carboxylic acids is 1. The normalized spacial score (nSPS) is 24.6. The van der Waals surface area contributed by atoms with Gasteiger partial charge in [-0.3, -0.25) is 4.79 Å². The van der Waals surface area contributed by atoms with Crippen LogP contribution in [0.2, 0.25) is 0 Å². The molecule has 1 aromatic rings. The average molecular weight is 261 g/mol. The summed E-state index contributed by atoms with van der Waals surface area (Å²) in [6, 6.07) is 1.46. The molecule has 0 aliphatic carbocycles. The minimum atomic E-state index is -4.51. The molecular weight excluding hydrogens is 247 g/mol. The summed E-state index contributed by atoms with van der Waals surface area (Å²) < 4.78 is 39.6. The highest BCUT2D eigenvalue weighted by Crippen LogP contribution is 2.43. The Morgan fingerprint density at radius 3 is 2.78 bits per heavy atom. The Morgan fingerprint density at radius 2 is 2.28 bits per heavy atom. The van der Waals surface area contributed by atoms with Gasteiger partial charge in [-0.1, -0.05) is 0 Å². The van der Waals surface area contributed by atoms with Gasteiger partial charge in [-0.25, -0.2) is 0 Å². The number of aromatic nitrogens is 1. The van der Waals surface area contributed by atoms with Crippen molar-refractivity contribution in [3.63, 3.8) is 0 Å². The molecule has 1 unspecified atom stereocenters. The highest BCUT2D eigenvalue weighted by Gasteiger charge is 2.61. The lowest BCUT2D eigenvalue weighted by Crippen LogP contribution is -2.61. The van der Waals surface area contributed by atoms with Crippen LogP contribution in [0.3, 0.4) is 0 Å². The number of aromatic amines is 1. The summed E-state index contributed by atoms with van der Waals surface area (Å²) in [5.74, 6) is -0.628. The van der Waals surface area contributed by atoms with Crippen LogP contribution in [0.25, 0.3) is 0 Å². The molecule has 2 rings (SSSR count). The molecule has 0 saturated carbocycles. The summed E-state index contributed by atoms with van der Waals surface area (Å²) in [7, 11) is 0. The second-order valence-corrected chi connectivity index (χ2v) is 4.39. The summed E-state index contributed by atoms with van der Waals surface area (Å²) in [5.41, 5.74) is 3.32. The zero-order chi connectivity index (χ0) is 13.4. The van der Waals surface area contributed by atoms with E-state index < -0.39 is 24.2 Å². The minimum Gasteiger partial charge on any atom is -0.367 e. The van der Waals surface area contributed by atoms with Gasteiger partial charge in [-0.15, -0.1) is 0 Å². The summed E-state index contributed by atoms with van der Waals surface area (Å²) >= 11 is 0. The van der Waals surface area contributed by atoms with Gasteiger partial charge in [0.2, 0.25) is 0 Å². The molecule has 2 heterocycles. The van der Waals surface area contributed by atoms with Crippen molar-refractivity contribution in [1.29, 1.82) is 0 Å². The van der Waals surface area contributed by atoms with Gasteiger partial charge in [0.25, 0.3) is 5.91 Å². The van der Waals surface area contributed by atoms with Gasteiger partial charge in [0.05, 0.1) is 5.56 Å². The zero-order valence-corrected chi connectivity index (χ0v) is 9.63. The number of hydrogen-bond donors (Lipinski definition) is 2. The number of carbonyl (C=O) groups is 1. The molecule has 1 atom stereocenters. The lowest BCUT2D eigenvalue weighted by Gasteiger charge is -2.38. The largest absolute Gasteiger partial charge is 0.412 e. The molecule has 1 amide bonds. The molecule has 18 heavy (non-hydrogen) atoms. The fourth-order valence-corrected chi connectivity index (χ4v) is 2.41. The Bertz CT molecular complexity index is 429. The number of alkyl halides is 3. The van der Waals surface area contributed by atoms with E-state index in [9.17, 15) is 18.0 Å². The average Bonchev–Trinajstić information content (AvgIpc) is 2.96. The fourth-order valence-electron chi connectivity index (χ4n) is 2.41. The Balaban J connectivity index is 2.35. The number of amides is 1. The Morgan fingerprint density at radius 1 is 1.56 bits per heavy atom. The van der Waals surface area contributed by atoms with Gasteiger partial charge in [-0.2, -0.15) is 13.2 Å². The molecule has 1 aliphatic rings. The molecule has 0 radical (unpaired) electrons. The molecule has 100 valence electrons. The van der Waals surface area contributed by atoms with Gasteiger partial charge in [-0.05, 0) is 18.9 Å². The molecule has 4 nitrogen and oxygen atoms in total. The maximum Gasteiger partial charge on any atom is 0.412 e. The van der Waals surface area contributed by atoms with Crippen LogP contribution in [0.15, 0.2) is 18.5 Å². The molecule has 0 aromatic carbocycles. The number of H-pyrrole nitrogens is 1. The molecule has 1 saturated heterocycles. The summed E-state index contributed by atoms with van der Waals surface area (Å²) in [6.45, 7) is -0.520. The predicted molar refractivity (Wildman–Crippen MR) is 58.9 cm³/mol. The quantitative estimate of drug-likeness (QED) is 0.847. The Labute approximate surface area is 102 Å². The molecule has 3 N–H and O–H groups in total. The SMILES string of the molecule is NCC1(C(F)(F)F)CCCN1C(=O)c1cc[nH]c1. The predicted octanol–water partition coefficient (Wildman–Crippen LogP) is 1.51. The van der Waals surface area contributed by atoms with Crippen LogP contribution in [0.1, 0.15) is 23.2 Å². The van der Waals surface area contributed by atoms with Crippen LogP contribution in [-0.4, -0.2) is 40.6 Å². The van der Waals surface area contributed by atoms with Crippen LogP contribution in [0.5, 0.6) is 0 Å². The monoisotopic (exact) mass is 261 g/mol. The second kappa shape index (κ2) is 4.31. The summed E-state index contributed by atoms with van der Waals surface area (Å²) in [6.07, 6.45) is -1.44. The second-order valence-electron chi connectivity index (χ2n) is 4.39. The number of halogens is 3. The van der Waals surface area contributed by atoms with Crippen LogP contribution < -0.4 is 5.73 Å². The Hall–Kier alpha value is -1.50. The lowest BCUT2D eigenvalue weighted by molar-refractivity contribution is -0.212. The van der Waals surface area contributed by atoms with E-state index in [1.165, 1.54) is 18.5 Å². The number of nitrogens with one attached hydrogen (secondary N) is 1. The zero-order valence-electron chi connectivity index (χ0n) is 9.63. The van der Waals surface area contributed by atoms with Crippen molar-refractivity contribution < 1.29 is 18.0 Å². The number of nitrogens with zero attached hydrogens (tertiary/aromatic N) is 1. The molecule has 0 spiro atoms. The van der Waals surface area contributed by atoms with Crippen molar-refractivity contribution in [3.05, 3.63) is 24.0 Å². The van der Waals surface area contributed by atoms with E-state index in [-0.39, 0.29) is 18.5 Å². The van der Waals surface area contributed by atoms with E-state index in [0.29, 0.717) is 6.42 Å². The molecule has 7 heteroatoms. The molecule has 1 fully saturated rings. The fraction of sp³-hybridized carbons (Fsp3) is 0.545. The first kappa shape index (κ1) is 12.9. The van der Waals surface area contributed by atoms with Gasteiger partial charge < -0.3 is 15.6 Å². The number of rotatable bonds is 2. The first-order valence-electron chi connectivity index (χ1n) is 5.64. The first-order chi connectivity index (χ1) is 8.42. The summed E-state index contributed by atoms with van der Waals surface area (Å²) in [4.78, 5) is 15.6. The van der Waals surface area contributed by atoms with Gasteiger partial charge in [0.15, 0.2) is 5.54 Å². The van der Waals surface area contributed by atoms with Crippen molar-refractivity contribution in [2.45, 2.75) is 24.6 Å².